The second-order valence-corrected chi connectivity index (χ2v) is 9.85. The van der Waals surface area contributed by atoms with Gasteiger partial charge < -0.3 is 9.64 Å². The predicted molar refractivity (Wildman–Crippen MR) is 106 cm³/mol. The summed E-state index contributed by atoms with van der Waals surface area (Å²) in [4.78, 5) is 2.42. The van der Waals surface area contributed by atoms with Gasteiger partial charge in [0.25, 0.3) is 0 Å². The zero-order valence-corrected chi connectivity index (χ0v) is 17.2. The van der Waals surface area contributed by atoms with Gasteiger partial charge in [0.05, 0.1) is 12.4 Å². The van der Waals surface area contributed by atoms with Crippen LogP contribution in [0.3, 0.4) is 0 Å². The SMILES string of the molecule is CCCS(=O)(=O)N1C[C@@H]2CN(c3ccc(OCC)cc3)[C@H](C1)C(C)C2C. The lowest BCUT2D eigenvalue weighted by Gasteiger charge is -2.45. The highest BCUT2D eigenvalue weighted by molar-refractivity contribution is 7.89. The molecule has 26 heavy (non-hydrogen) atoms. The first kappa shape index (κ1) is 19.5. The zero-order valence-electron chi connectivity index (χ0n) is 16.4. The van der Waals surface area contributed by atoms with Crippen LogP contribution >= 0.6 is 0 Å². The molecule has 2 bridgehead atoms. The Morgan fingerprint density at radius 2 is 1.73 bits per heavy atom. The van der Waals surface area contributed by atoms with E-state index in [1.165, 1.54) is 0 Å². The average Bonchev–Trinajstić information content (AvgIpc) is 2.88. The van der Waals surface area contributed by atoms with E-state index in [-0.39, 0.29) is 11.8 Å². The van der Waals surface area contributed by atoms with Crippen LogP contribution in [0.1, 0.15) is 34.1 Å². The van der Waals surface area contributed by atoms with Crippen molar-refractivity contribution in [1.82, 2.24) is 4.31 Å². The van der Waals surface area contributed by atoms with Gasteiger partial charge in [-0.3, -0.25) is 0 Å². The van der Waals surface area contributed by atoms with E-state index >= 15 is 0 Å². The summed E-state index contributed by atoms with van der Waals surface area (Å²) in [5.41, 5.74) is 1.16. The molecular formula is C20H32N2O3S. The molecule has 2 unspecified atom stereocenters. The monoisotopic (exact) mass is 380 g/mol. The third-order valence-electron chi connectivity index (χ3n) is 6.18. The van der Waals surface area contributed by atoms with Crippen LogP contribution < -0.4 is 9.64 Å². The Labute approximate surface area is 158 Å². The van der Waals surface area contributed by atoms with E-state index in [1.54, 1.807) is 4.31 Å². The number of rotatable bonds is 6. The summed E-state index contributed by atoms with van der Waals surface area (Å²) in [6.07, 6.45) is 0.669. The number of ether oxygens (including phenoxy) is 1. The molecule has 0 saturated carbocycles. The van der Waals surface area contributed by atoms with Gasteiger partial charge in [-0.2, -0.15) is 4.31 Å². The summed E-state index contributed by atoms with van der Waals surface area (Å²) in [5, 5.41) is 0. The molecule has 3 aliphatic rings. The van der Waals surface area contributed by atoms with Crippen molar-refractivity contribution in [3.05, 3.63) is 24.3 Å². The number of benzene rings is 1. The third-order valence-corrected chi connectivity index (χ3v) is 8.18. The second kappa shape index (κ2) is 7.77. The number of hydrogen-bond donors (Lipinski definition) is 0. The number of anilines is 1. The van der Waals surface area contributed by atoms with Gasteiger partial charge in [0.1, 0.15) is 5.75 Å². The summed E-state index contributed by atoms with van der Waals surface area (Å²) in [6.45, 7) is 11.3. The highest BCUT2D eigenvalue weighted by Crippen LogP contribution is 2.40. The first-order valence-corrected chi connectivity index (χ1v) is 11.5. The Morgan fingerprint density at radius 3 is 2.35 bits per heavy atom. The van der Waals surface area contributed by atoms with Crippen LogP contribution in [0.2, 0.25) is 0 Å². The molecule has 0 amide bonds. The molecule has 4 atom stereocenters. The van der Waals surface area contributed by atoms with E-state index in [2.05, 4.69) is 30.9 Å². The molecule has 0 spiro atoms. The number of piperidine rings is 1. The van der Waals surface area contributed by atoms with Gasteiger partial charge in [0.2, 0.25) is 10.0 Å². The molecular weight excluding hydrogens is 348 g/mol. The molecule has 0 N–H and O–H groups in total. The van der Waals surface area contributed by atoms with Gasteiger partial charge in [-0.1, -0.05) is 20.8 Å². The standard InChI is InChI=1S/C20H32N2O3S/c1-5-11-26(23,24)21-12-17-13-22(20(14-21)16(4)15(17)3)18-7-9-19(10-8-18)25-6-2/h7-10,15-17,20H,5-6,11-14H2,1-4H3/t15?,16?,17-,20-/m1/s1. The first-order chi connectivity index (χ1) is 12.4. The lowest BCUT2D eigenvalue weighted by molar-refractivity contribution is 0.208. The van der Waals surface area contributed by atoms with Crippen molar-refractivity contribution in [1.29, 1.82) is 0 Å². The smallest absolute Gasteiger partial charge is 0.214 e. The van der Waals surface area contributed by atoms with Crippen molar-refractivity contribution in [3.63, 3.8) is 0 Å². The van der Waals surface area contributed by atoms with E-state index in [4.69, 9.17) is 4.74 Å². The summed E-state index contributed by atoms with van der Waals surface area (Å²) >= 11 is 0. The van der Waals surface area contributed by atoms with Crippen LogP contribution in [0.15, 0.2) is 24.3 Å². The van der Waals surface area contributed by atoms with Crippen molar-refractivity contribution in [2.45, 2.75) is 40.2 Å². The molecule has 3 fully saturated rings. The molecule has 146 valence electrons. The second-order valence-electron chi connectivity index (χ2n) is 7.76. The van der Waals surface area contributed by atoms with Gasteiger partial charge in [-0.05, 0) is 55.4 Å². The molecule has 5 nitrogen and oxygen atoms in total. The third kappa shape index (κ3) is 3.72. The molecule has 3 saturated heterocycles. The largest absolute Gasteiger partial charge is 0.494 e. The molecule has 1 aromatic rings. The topological polar surface area (TPSA) is 49.9 Å². The number of fused-ring (bicyclic) bond motifs is 4. The van der Waals surface area contributed by atoms with E-state index in [0.29, 0.717) is 43.9 Å². The highest BCUT2D eigenvalue weighted by atomic mass is 32.2. The molecule has 3 aliphatic heterocycles. The summed E-state index contributed by atoms with van der Waals surface area (Å²) < 4.78 is 32.8. The van der Waals surface area contributed by atoms with Crippen LogP contribution in [-0.4, -0.2) is 50.8 Å². The van der Waals surface area contributed by atoms with Crippen molar-refractivity contribution in [2.75, 3.05) is 36.9 Å². The molecule has 0 radical (unpaired) electrons. The van der Waals surface area contributed by atoms with Gasteiger partial charge in [-0.15, -0.1) is 0 Å². The van der Waals surface area contributed by atoms with Gasteiger partial charge in [0.15, 0.2) is 0 Å². The highest BCUT2D eigenvalue weighted by Gasteiger charge is 2.46. The predicted octanol–water partition coefficient (Wildman–Crippen LogP) is 3.22. The lowest BCUT2D eigenvalue weighted by Crippen LogP contribution is -2.52. The average molecular weight is 381 g/mol. The van der Waals surface area contributed by atoms with E-state index in [0.717, 1.165) is 18.0 Å². The molecule has 0 aromatic heterocycles. The van der Waals surface area contributed by atoms with Crippen LogP contribution in [0.5, 0.6) is 5.75 Å². The van der Waals surface area contributed by atoms with E-state index in [9.17, 15) is 8.42 Å². The zero-order chi connectivity index (χ0) is 18.9. The van der Waals surface area contributed by atoms with E-state index in [1.807, 2.05) is 26.0 Å². The van der Waals surface area contributed by atoms with Crippen molar-refractivity contribution in [2.24, 2.45) is 17.8 Å². The van der Waals surface area contributed by atoms with Crippen molar-refractivity contribution >= 4 is 15.7 Å². The fourth-order valence-corrected chi connectivity index (χ4v) is 6.04. The number of sulfonamides is 1. The quantitative estimate of drug-likeness (QED) is 0.760. The van der Waals surface area contributed by atoms with Crippen LogP contribution in [0.4, 0.5) is 5.69 Å². The minimum atomic E-state index is -3.16. The van der Waals surface area contributed by atoms with Gasteiger partial charge in [-0.25, -0.2) is 8.42 Å². The van der Waals surface area contributed by atoms with Crippen LogP contribution in [-0.2, 0) is 10.0 Å². The Hall–Kier alpha value is -1.27. The maximum Gasteiger partial charge on any atom is 0.214 e. The Kier molecular flexibility index (Phi) is 5.82. The first-order valence-electron chi connectivity index (χ1n) is 9.84. The minimum Gasteiger partial charge on any atom is -0.494 e. The minimum absolute atomic E-state index is 0.216. The lowest BCUT2D eigenvalue weighted by atomic mass is 9.76. The normalized spacial score (nSPS) is 29.6. The van der Waals surface area contributed by atoms with E-state index < -0.39 is 10.0 Å². The number of nitrogens with zero attached hydrogens (tertiary/aromatic N) is 2. The summed E-state index contributed by atoms with van der Waals surface area (Å²) in [7, 11) is -3.16. The Morgan fingerprint density at radius 1 is 1.04 bits per heavy atom. The molecule has 4 rings (SSSR count). The van der Waals surface area contributed by atoms with Crippen molar-refractivity contribution < 1.29 is 13.2 Å². The fourth-order valence-electron chi connectivity index (χ4n) is 4.46. The van der Waals surface area contributed by atoms with Crippen molar-refractivity contribution in [3.8, 4) is 5.75 Å². The maximum atomic E-state index is 12.7. The number of hydrogen-bond acceptors (Lipinski definition) is 4. The van der Waals surface area contributed by atoms with Crippen LogP contribution in [0.25, 0.3) is 0 Å². The van der Waals surface area contributed by atoms with Gasteiger partial charge >= 0.3 is 0 Å². The molecule has 6 heteroatoms. The maximum absolute atomic E-state index is 12.7. The van der Waals surface area contributed by atoms with Crippen LogP contribution in [0, 0.1) is 17.8 Å². The fraction of sp³-hybridized carbons (Fsp3) is 0.700. The summed E-state index contributed by atoms with van der Waals surface area (Å²) in [6, 6.07) is 8.45. The molecule has 3 heterocycles. The molecule has 0 aliphatic carbocycles. The summed E-state index contributed by atoms with van der Waals surface area (Å²) in [5.74, 6) is 2.48. The molecule has 1 aromatic carbocycles. The van der Waals surface area contributed by atoms with Gasteiger partial charge in [0, 0.05) is 31.4 Å². The Balaban J connectivity index is 1.88. The Bertz CT molecular complexity index is 704.